The summed E-state index contributed by atoms with van der Waals surface area (Å²) in [6.07, 6.45) is 0. The van der Waals surface area contributed by atoms with Gasteiger partial charge in [0.1, 0.15) is 0 Å². The topological polar surface area (TPSA) is 64.7 Å². The second kappa shape index (κ2) is 9.64. The van der Waals surface area contributed by atoms with Gasteiger partial charge >= 0.3 is 12.1 Å². The number of urea groups is 2. The van der Waals surface area contributed by atoms with Crippen LogP contribution in [-0.4, -0.2) is 25.2 Å². The van der Waals surface area contributed by atoms with Crippen LogP contribution in [0.2, 0.25) is 0 Å². The summed E-state index contributed by atoms with van der Waals surface area (Å²) in [6.45, 7) is 0.592. The van der Waals surface area contributed by atoms with Gasteiger partial charge < -0.3 is 10.6 Å². The third-order valence-corrected chi connectivity index (χ3v) is 8.21. The van der Waals surface area contributed by atoms with Crippen molar-refractivity contribution in [1.82, 2.24) is 10.6 Å². The van der Waals surface area contributed by atoms with E-state index in [1.807, 2.05) is 97.1 Å². The lowest BCUT2D eigenvalue weighted by molar-refractivity contribution is 0.244. The van der Waals surface area contributed by atoms with Gasteiger partial charge in [-0.25, -0.2) is 9.59 Å². The number of hydrogen-bond acceptors (Lipinski definition) is 4. The maximum absolute atomic E-state index is 13.3. The third-order valence-electron chi connectivity index (χ3n) is 5.95. The minimum Gasteiger partial charge on any atom is -0.336 e. The molecule has 0 atom stereocenters. The summed E-state index contributed by atoms with van der Waals surface area (Å²) in [4.78, 5) is 34.1. The Morgan fingerprint density at radius 2 is 0.778 bits per heavy atom. The van der Waals surface area contributed by atoms with Crippen LogP contribution in [0.25, 0.3) is 0 Å². The first kappa shape index (κ1) is 22.6. The maximum Gasteiger partial charge on any atom is 0.326 e. The van der Waals surface area contributed by atoms with Crippen molar-refractivity contribution < 1.29 is 9.59 Å². The van der Waals surface area contributed by atoms with Gasteiger partial charge in [0.25, 0.3) is 0 Å². The Bertz CT molecular complexity index is 1270. The Hall–Kier alpha value is -3.88. The van der Waals surface area contributed by atoms with E-state index in [0.29, 0.717) is 13.1 Å². The molecule has 36 heavy (non-hydrogen) atoms. The van der Waals surface area contributed by atoms with Gasteiger partial charge in [0, 0.05) is 32.7 Å². The SMILES string of the molecule is O=C(NCCNC(=O)N1c2ccccc2Sc2ccccc21)N1c2ccccc2Sc2ccccc21. The first-order valence-electron chi connectivity index (χ1n) is 11.6. The molecule has 4 aromatic rings. The third kappa shape index (κ3) is 4.08. The van der Waals surface area contributed by atoms with Crippen LogP contribution in [0, 0.1) is 0 Å². The van der Waals surface area contributed by atoms with Crippen LogP contribution >= 0.6 is 23.5 Å². The summed E-state index contributed by atoms with van der Waals surface area (Å²) in [6, 6.07) is 31.0. The molecule has 0 radical (unpaired) electrons. The Morgan fingerprint density at radius 1 is 0.500 bits per heavy atom. The first-order chi connectivity index (χ1) is 17.7. The largest absolute Gasteiger partial charge is 0.336 e. The Balaban J connectivity index is 1.15. The number of anilines is 4. The van der Waals surface area contributed by atoms with Crippen LogP contribution in [0.3, 0.4) is 0 Å². The molecule has 0 bridgehead atoms. The molecule has 178 valence electrons. The van der Waals surface area contributed by atoms with Gasteiger partial charge in [0.2, 0.25) is 0 Å². The quantitative estimate of drug-likeness (QED) is 0.291. The zero-order valence-corrected chi connectivity index (χ0v) is 20.8. The van der Waals surface area contributed by atoms with E-state index in [4.69, 9.17) is 0 Å². The molecule has 2 aliphatic heterocycles. The Morgan fingerprint density at radius 3 is 1.08 bits per heavy atom. The van der Waals surface area contributed by atoms with Gasteiger partial charge in [-0.2, -0.15) is 0 Å². The number of fused-ring (bicyclic) bond motifs is 4. The van der Waals surface area contributed by atoms with Crippen LogP contribution in [0.15, 0.2) is 117 Å². The molecule has 0 unspecified atom stereocenters. The van der Waals surface area contributed by atoms with Crippen LogP contribution in [0.1, 0.15) is 0 Å². The van der Waals surface area contributed by atoms with E-state index in [2.05, 4.69) is 10.6 Å². The fourth-order valence-electron chi connectivity index (χ4n) is 4.34. The molecule has 0 saturated heterocycles. The van der Waals surface area contributed by atoms with E-state index in [1.54, 1.807) is 33.3 Å². The normalized spacial score (nSPS) is 13.1. The van der Waals surface area contributed by atoms with E-state index in [1.165, 1.54) is 0 Å². The lowest BCUT2D eigenvalue weighted by Crippen LogP contribution is -2.44. The molecule has 2 N–H and O–H groups in total. The summed E-state index contributed by atoms with van der Waals surface area (Å²) in [5, 5.41) is 5.94. The highest BCUT2D eigenvalue weighted by Crippen LogP contribution is 2.48. The van der Waals surface area contributed by atoms with Crippen molar-refractivity contribution >= 4 is 58.3 Å². The summed E-state index contributed by atoms with van der Waals surface area (Å²) < 4.78 is 0. The molecule has 0 aromatic heterocycles. The minimum absolute atomic E-state index is 0.227. The average molecular weight is 511 g/mol. The van der Waals surface area contributed by atoms with E-state index in [0.717, 1.165) is 42.3 Å². The van der Waals surface area contributed by atoms with E-state index in [9.17, 15) is 9.59 Å². The van der Waals surface area contributed by atoms with E-state index < -0.39 is 0 Å². The predicted molar refractivity (Wildman–Crippen MR) is 145 cm³/mol. The number of nitrogens with zero attached hydrogens (tertiary/aromatic N) is 2. The van der Waals surface area contributed by atoms with Crippen molar-refractivity contribution in [3.8, 4) is 0 Å². The van der Waals surface area contributed by atoms with Crippen LogP contribution < -0.4 is 20.4 Å². The zero-order valence-electron chi connectivity index (χ0n) is 19.2. The standard InChI is InChI=1S/C28H22N4O2S2/c33-27(31-19-9-1-5-13-23(19)35-24-14-6-2-10-20(24)31)29-17-18-30-28(34)32-21-11-3-7-15-25(21)36-26-16-8-4-12-22(26)32/h1-16H,17-18H2,(H,29,33)(H,30,34). The maximum atomic E-state index is 13.3. The van der Waals surface area contributed by atoms with Gasteiger partial charge in [-0.3, -0.25) is 9.80 Å². The Kier molecular flexibility index (Phi) is 6.04. The van der Waals surface area contributed by atoms with Gasteiger partial charge in [0.05, 0.1) is 22.7 Å². The van der Waals surface area contributed by atoms with Crippen molar-refractivity contribution in [2.75, 3.05) is 22.9 Å². The molecular weight excluding hydrogens is 488 g/mol. The minimum atomic E-state index is -0.227. The van der Waals surface area contributed by atoms with Crippen LogP contribution in [-0.2, 0) is 0 Å². The lowest BCUT2D eigenvalue weighted by atomic mass is 10.2. The average Bonchev–Trinajstić information content (AvgIpc) is 2.92. The molecule has 2 heterocycles. The smallest absolute Gasteiger partial charge is 0.326 e. The number of rotatable bonds is 3. The number of benzene rings is 4. The highest BCUT2D eigenvalue weighted by Gasteiger charge is 2.29. The van der Waals surface area contributed by atoms with Gasteiger partial charge in [-0.1, -0.05) is 72.1 Å². The predicted octanol–water partition coefficient (Wildman–Crippen LogP) is 7.01. The number of para-hydroxylation sites is 4. The van der Waals surface area contributed by atoms with Crippen molar-refractivity contribution in [2.24, 2.45) is 0 Å². The summed E-state index contributed by atoms with van der Waals surface area (Å²) in [7, 11) is 0. The zero-order chi connectivity index (χ0) is 24.5. The number of hydrogen-bond donors (Lipinski definition) is 2. The lowest BCUT2D eigenvalue weighted by Gasteiger charge is -2.31. The number of nitrogens with one attached hydrogen (secondary N) is 2. The molecular formula is C28H22N4O2S2. The van der Waals surface area contributed by atoms with Crippen LogP contribution in [0.5, 0.6) is 0 Å². The molecule has 0 spiro atoms. The Labute approximate surface area is 217 Å². The van der Waals surface area contributed by atoms with Crippen LogP contribution in [0.4, 0.5) is 32.3 Å². The second-order valence-electron chi connectivity index (χ2n) is 8.21. The summed E-state index contributed by atoms with van der Waals surface area (Å²) in [5.41, 5.74) is 3.40. The highest BCUT2D eigenvalue weighted by molar-refractivity contribution is 8.00. The summed E-state index contributed by atoms with van der Waals surface area (Å²) >= 11 is 3.31. The van der Waals surface area contributed by atoms with Crippen molar-refractivity contribution in [1.29, 1.82) is 0 Å². The monoisotopic (exact) mass is 510 g/mol. The summed E-state index contributed by atoms with van der Waals surface area (Å²) in [5.74, 6) is 0. The van der Waals surface area contributed by atoms with Crippen molar-refractivity contribution in [3.05, 3.63) is 97.1 Å². The molecule has 2 aliphatic rings. The fourth-order valence-corrected chi connectivity index (χ4v) is 6.46. The second-order valence-corrected chi connectivity index (χ2v) is 10.4. The van der Waals surface area contributed by atoms with Gasteiger partial charge in [-0.05, 0) is 48.5 Å². The number of carbonyl (C=O) groups is 2. The van der Waals surface area contributed by atoms with Gasteiger partial charge in [-0.15, -0.1) is 0 Å². The molecule has 4 aromatic carbocycles. The molecule has 6 rings (SSSR count). The van der Waals surface area contributed by atoms with E-state index in [-0.39, 0.29) is 12.1 Å². The van der Waals surface area contributed by atoms with E-state index >= 15 is 0 Å². The van der Waals surface area contributed by atoms with Crippen molar-refractivity contribution in [3.63, 3.8) is 0 Å². The molecule has 6 nitrogen and oxygen atoms in total. The molecule has 4 amide bonds. The van der Waals surface area contributed by atoms with Gasteiger partial charge in [0.15, 0.2) is 0 Å². The highest BCUT2D eigenvalue weighted by atomic mass is 32.2. The van der Waals surface area contributed by atoms with Crippen molar-refractivity contribution in [2.45, 2.75) is 19.6 Å². The molecule has 0 aliphatic carbocycles. The number of amides is 4. The molecule has 0 saturated carbocycles. The number of carbonyl (C=O) groups excluding carboxylic acids is 2. The molecule has 0 fully saturated rings. The fraction of sp³-hybridized carbons (Fsp3) is 0.0714. The first-order valence-corrected chi connectivity index (χ1v) is 13.2. The molecule has 8 heteroatoms.